The summed E-state index contributed by atoms with van der Waals surface area (Å²) in [7, 11) is 2.57. The molecule has 0 fully saturated rings. The lowest BCUT2D eigenvalue weighted by atomic mass is 10.1. The lowest BCUT2D eigenvalue weighted by Gasteiger charge is -2.09. The highest BCUT2D eigenvalue weighted by atomic mass is 16.5. The van der Waals surface area contributed by atoms with Crippen molar-refractivity contribution in [2.24, 2.45) is 0 Å². The van der Waals surface area contributed by atoms with Crippen LogP contribution in [0.25, 0.3) is 6.08 Å². The second-order valence-electron chi connectivity index (χ2n) is 3.85. The second-order valence-corrected chi connectivity index (χ2v) is 3.85. The standard InChI is InChI=1S/C14H13NO4/c1-18-13(16)10-7-9-5-3-4-6-11(9)15-12(8-10)14(17)19-2/h3-8,15H,1-2H3. The van der Waals surface area contributed by atoms with Crippen molar-refractivity contribution in [2.75, 3.05) is 19.5 Å². The van der Waals surface area contributed by atoms with Crippen molar-refractivity contribution in [3.05, 3.63) is 47.2 Å². The zero-order chi connectivity index (χ0) is 13.8. The van der Waals surface area contributed by atoms with Gasteiger partial charge in [-0.05, 0) is 23.8 Å². The van der Waals surface area contributed by atoms with E-state index in [4.69, 9.17) is 4.74 Å². The normalized spacial score (nSPS) is 13.2. The Morgan fingerprint density at radius 2 is 1.68 bits per heavy atom. The van der Waals surface area contributed by atoms with Gasteiger partial charge in [-0.1, -0.05) is 18.2 Å². The summed E-state index contributed by atoms with van der Waals surface area (Å²) in [5.74, 6) is -1.06. The van der Waals surface area contributed by atoms with E-state index < -0.39 is 11.9 Å². The smallest absolute Gasteiger partial charge is 0.354 e. The fraction of sp³-hybridized carbons (Fsp3) is 0.143. The van der Waals surface area contributed by atoms with Crippen LogP contribution in [0.5, 0.6) is 0 Å². The SMILES string of the molecule is COC(=O)C1=Cc2ccccc2NC(C(=O)OC)=C1. The third-order valence-corrected chi connectivity index (χ3v) is 2.67. The predicted molar refractivity (Wildman–Crippen MR) is 70.2 cm³/mol. The van der Waals surface area contributed by atoms with Crippen LogP contribution in [0.3, 0.4) is 0 Å². The first-order valence-electron chi connectivity index (χ1n) is 5.62. The van der Waals surface area contributed by atoms with Gasteiger partial charge in [-0.3, -0.25) is 0 Å². The third kappa shape index (κ3) is 2.65. The van der Waals surface area contributed by atoms with Crippen LogP contribution in [-0.4, -0.2) is 26.2 Å². The van der Waals surface area contributed by atoms with E-state index in [1.807, 2.05) is 24.3 Å². The summed E-state index contributed by atoms with van der Waals surface area (Å²) in [4.78, 5) is 23.3. The fourth-order valence-electron chi connectivity index (χ4n) is 1.74. The number of methoxy groups -OCH3 is 2. The van der Waals surface area contributed by atoms with E-state index in [2.05, 4.69) is 10.1 Å². The Balaban J connectivity index is 2.52. The van der Waals surface area contributed by atoms with Crippen molar-refractivity contribution in [1.82, 2.24) is 0 Å². The highest BCUT2D eigenvalue weighted by Crippen LogP contribution is 2.25. The maximum atomic E-state index is 11.7. The fourth-order valence-corrected chi connectivity index (χ4v) is 1.74. The van der Waals surface area contributed by atoms with Gasteiger partial charge in [-0.25, -0.2) is 9.59 Å². The van der Waals surface area contributed by atoms with Crippen LogP contribution >= 0.6 is 0 Å². The molecule has 1 aromatic rings. The van der Waals surface area contributed by atoms with Crippen molar-refractivity contribution >= 4 is 23.7 Å². The number of hydrogen-bond acceptors (Lipinski definition) is 5. The number of fused-ring (bicyclic) bond motifs is 1. The van der Waals surface area contributed by atoms with E-state index >= 15 is 0 Å². The summed E-state index contributed by atoms with van der Waals surface area (Å²) in [5.41, 5.74) is 1.97. The lowest BCUT2D eigenvalue weighted by molar-refractivity contribution is -0.136. The van der Waals surface area contributed by atoms with Gasteiger partial charge in [-0.15, -0.1) is 0 Å². The zero-order valence-electron chi connectivity index (χ0n) is 10.6. The lowest BCUT2D eigenvalue weighted by Crippen LogP contribution is -2.14. The molecular formula is C14H13NO4. The molecule has 0 bridgehead atoms. The molecule has 0 saturated carbocycles. The van der Waals surface area contributed by atoms with Crippen LogP contribution in [0, 0.1) is 0 Å². The molecule has 1 heterocycles. The number of carbonyl (C=O) groups excluding carboxylic acids is 2. The number of para-hydroxylation sites is 1. The van der Waals surface area contributed by atoms with Crippen molar-refractivity contribution in [1.29, 1.82) is 0 Å². The quantitative estimate of drug-likeness (QED) is 0.819. The van der Waals surface area contributed by atoms with Crippen molar-refractivity contribution < 1.29 is 19.1 Å². The largest absolute Gasteiger partial charge is 0.465 e. The van der Waals surface area contributed by atoms with Crippen molar-refractivity contribution in [3.63, 3.8) is 0 Å². The van der Waals surface area contributed by atoms with Gasteiger partial charge in [-0.2, -0.15) is 0 Å². The first kappa shape index (κ1) is 12.9. The van der Waals surface area contributed by atoms with Gasteiger partial charge in [0.05, 0.1) is 19.8 Å². The molecule has 19 heavy (non-hydrogen) atoms. The van der Waals surface area contributed by atoms with Crippen LogP contribution in [-0.2, 0) is 19.1 Å². The molecule has 0 radical (unpaired) electrons. The average molecular weight is 259 g/mol. The average Bonchev–Trinajstić information content (AvgIpc) is 2.64. The summed E-state index contributed by atoms with van der Waals surface area (Å²) >= 11 is 0. The first-order valence-corrected chi connectivity index (χ1v) is 5.62. The molecular weight excluding hydrogens is 246 g/mol. The minimum absolute atomic E-state index is 0.184. The third-order valence-electron chi connectivity index (χ3n) is 2.67. The Morgan fingerprint density at radius 1 is 1.00 bits per heavy atom. The molecule has 2 rings (SSSR count). The number of anilines is 1. The van der Waals surface area contributed by atoms with E-state index in [1.54, 1.807) is 6.08 Å². The molecule has 0 aromatic heterocycles. The highest BCUT2D eigenvalue weighted by molar-refractivity contribution is 6.03. The van der Waals surface area contributed by atoms with Gasteiger partial charge < -0.3 is 14.8 Å². The van der Waals surface area contributed by atoms with Crippen LogP contribution in [0.15, 0.2) is 41.6 Å². The Kier molecular flexibility index (Phi) is 3.66. The van der Waals surface area contributed by atoms with Gasteiger partial charge in [0.2, 0.25) is 0 Å². The number of esters is 2. The Morgan fingerprint density at radius 3 is 2.37 bits per heavy atom. The van der Waals surface area contributed by atoms with Crippen LogP contribution in [0.1, 0.15) is 5.56 Å². The first-order chi connectivity index (χ1) is 9.15. The van der Waals surface area contributed by atoms with Crippen molar-refractivity contribution in [2.45, 2.75) is 0 Å². The molecule has 5 heteroatoms. The molecule has 0 saturated heterocycles. The van der Waals surface area contributed by atoms with Gasteiger partial charge in [0.15, 0.2) is 0 Å². The Labute approximate surface area is 110 Å². The van der Waals surface area contributed by atoms with Gasteiger partial charge in [0.1, 0.15) is 5.70 Å². The monoisotopic (exact) mass is 259 g/mol. The number of ether oxygens (including phenoxy) is 2. The summed E-state index contributed by atoms with van der Waals surface area (Å²) in [5, 5.41) is 2.95. The number of benzene rings is 1. The van der Waals surface area contributed by atoms with E-state index in [-0.39, 0.29) is 11.3 Å². The minimum atomic E-state index is -0.550. The molecule has 98 valence electrons. The molecule has 0 amide bonds. The second kappa shape index (κ2) is 5.39. The Bertz CT molecular complexity index is 587. The predicted octanol–water partition coefficient (Wildman–Crippen LogP) is 1.73. The van der Waals surface area contributed by atoms with E-state index in [1.165, 1.54) is 20.3 Å². The zero-order valence-corrected chi connectivity index (χ0v) is 10.6. The minimum Gasteiger partial charge on any atom is -0.465 e. The molecule has 0 atom stereocenters. The number of hydrogen-bond donors (Lipinski definition) is 1. The van der Waals surface area contributed by atoms with E-state index in [0.29, 0.717) is 0 Å². The molecule has 0 aliphatic carbocycles. The maximum Gasteiger partial charge on any atom is 0.354 e. The summed E-state index contributed by atoms with van der Waals surface area (Å²) in [6, 6.07) is 7.31. The van der Waals surface area contributed by atoms with Gasteiger partial charge >= 0.3 is 11.9 Å². The number of nitrogens with one attached hydrogen (secondary N) is 1. The van der Waals surface area contributed by atoms with Gasteiger partial charge in [0.25, 0.3) is 0 Å². The van der Waals surface area contributed by atoms with E-state index in [0.717, 1.165) is 11.3 Å². The topological polar surface area (TPSA) is 64.6 Å². The molecule has 1 N–H and O–H groups in total. The number of carbonyl (C=O) groups is 2. The van der Waals surface area contributed by atoms with Crippen LogP contribution in [0.4, 0.5) is 5.69 Å². The summed E-state index contributed by atoms with van der Waals surface area (Å²) in [6.07, 6.45) is 3.07. The number of rotatable bonds is 2. The van der Waals surface area contributed by atoms with E-state index in [9.17, 15) is 9.59 Å². The summed E-state index contributed by atoms with van der Waals surface area (Å²) < 4.78 is 9.36. The van der Waals surface area contributed by atoms with Crippen LogP contribution in [0.2, 0.25) is 0 Å². The molecule has 1 aromatic carbocycles. The summed E-state index contributed by atoms with van der Waals surface area (Å²) in [6.45, 7) is 0. The molecule has 5 nitrogen and oxygen atoms in total. The molecule has 0 spiro atoms. The maximum absolute atomic E-state index is 11.7. The molecule has 1 aliphatic heterocycles. The molecule has 0 unspecified atom stereocenters. The van der Waals surface area contributed by atoms with Gasteiger partial charge in [0, 0.05) is 5.69 Å². The Hall–Kier alpha value is -2.56. The van der Waals surface area contributed by atoms with Crippen molar-refractivity contribution in [3.8, 4) is 0 Å². The molecule has 1 aliphatic rings. The highest BCUT2D eigenvalue weighted by Gasteiger charge is 2.19. The van der Waals surface area contributed by atoms with Crippen LogP contribution < -0.4 is 5.32 Å².